The normalized spacial score (nSPS) is 20.8. The Morgan fingerprint density at radius 3 is 2.40 bits per heavy atom. The highest BCUT2D eigenvalue weighted by atomic mass is 16.5. The number of aromatic nitrogens is 6. The molecule has 4 fully saturated rings. The van der Waals surface area contributed by atoms with Crippen molar-refractivity contribution in [3.05, 3.63) is 83.0 Å². The Morgan fingerprint density at radius 2 is 1.73 bits per heavy atom. The van der Waals surface area contributed by atoms with Gasteiger partial charge in [0.2, 0.25) is 12.3 Å². The minimum atomic E-state index is -0.981. The number of nitrogens with zero attached hydrogens (tertiary/aromatic N) is 8. The molecule has 5 heterocycles. The van der Waals surface area contributed by atoms with E-state index in [1.54, 1.807) is 51.1 Å². The van der Waals surface area contributed by atoms with Gasteiger partial charge in [0.25, 0.3) is 5.91 Å². The summed E-state index contributed by atoms with van der Waals surface area (Å²) < 4.78 is 9.13. The second-order valence-corrected chi connectivity index (χ2v) is 14.7. The summed E-state index contributed by atoms with van der Waals surface area (Å²) in [5.74, 6) is 0.210. The number of amides is 2. The van der Waals surface area contributed by atoms with Crippen molar-refractivity contribution in [1.82, 2.24) is 39.5 Å². The molecule has 8 rings (SSSR count). The molecule has 252 valence electrons. The zero-order chi connectivity index (χ0) is 33.5. The molecule has 13 nitrogen and oxygen atoms in total. The van der Waals surface area contributed by atoms with Crippen LogP contribution < -0.4 is 0 Å². The first-order valence-electron chi connectivity index (χ1n) is 16.8. The minimum absolute atomic E-state index is 0.154. The van der Waals surface area contributed by atoms with Gasteiger partial charge in [-0.2, -0.15) is 15.2 Å². The highest BCUT2D eigenvalue weighted by Crippen LogP contribution is 2.48. The van der Waals surface area contributed by atoms with Crippen LogP contribution in [0.3, 0.4) is 0 Å². The SMILES string of the molecule is CC1(C)CC1.O=CN1CC2(C1)CN(C(=O)c1cnn(Cc3ccc(C(=O)O)cc3)c1)CC2c1noc(Cn2ccc(C3CCCC3)n2)n1. The van der Waals surface area contributed by atoms with Crippen LogP contribution in [0.2, 0.25) is 0 Å². The van der Waals surface area contributed by atoms with Crippen molar-refractivity contribution in [2.24, 2.45) is 10.8 Å². The number of hydrogen-bond donors (Lipinski definition) is 1. The second kappa shape index (κ2) is 12.7. The zero-order valence-electron chi connectivity index (χ0n) is 27.5. The predicted octanol–water partition coefficient (Wildman–Crippen LogP) is 4.42. The number of aromatic carboxylic acids is 1. The monoisotopic (exact) mass is 654 g/mol. The number of carbonyl (C=O) groups is 3. The summed E-state index contributed by atoms with van der Waals surface area (Å²) in [4.78, 5) is 44.4. The summed E-state index contributed by atoms with van der Waals surface area (Å²) in [5.41, 5.74) is 3.05. The first kappa shape index (κ1) is 31.8. The Balaban J connectivity index is 0.000000669. The fourth-order valence-electron chi connectivity index (χ4n) is 7.09. The number of carboxylic acid groups (broad SMARTS) is 1. The molecule has 1 N–H and O–H groups in total. The van der Waals surface area contributed by atoms with Crippen LogP contribution in [0.1, 0.15) is 108 Å². The average molecular weight is 655 g/mol. The standard InChI is InChI=1S/C30H32N8O5.C5H10/c39-19-35-16-30(17-35)18-36(28(40)23-11-31-38(13-23)12-20-5-7-22(8-6-20)29(41)42)14-24(30)27-32-26(43-34-27)15-37-10-9-25(33-37)21-3-1-2-4-21;1-5(2)3-4-5/h5-11,13,19,21,24H,1-4,12,14-18H2,(H,41,42);3-4H2,1-2H3. The topological polar surface area (TPSA) is 152 Å². The molecule has 1 atom stereocenters. The molecule has 0 bridgehead atoms. The van der Waals surface area contributed by atoms with Crippen LogP contribution in [0.4, 0.5) is 0 Å². The van der Waals surface area contributed by atoms with Gasteiger partial charge in [-0.15, -0.1) is 0 Å². The first-order valence-corrected chi connectivity index (χ1v) is 16.8. The molecule has 2 saturated carbocycles. The van der Waals surface area contributed by atoms with Crippen molar-refractivity contribution in [1.29, 1.82) is 0 Å². The van der Waals surface area contributed by atoms with Crippen LogP contribution in [-0.4, -0.2) is 89.1 Å². The van der Waals surface area contributed by atoms with Crippen molar-refractivity contribution in [2.75, 3.05) is 26.2 Å². The van der Waals surface area contributed by atoms with E-state index in [9.17, 15) is 14.4 Å². The van der Waals surface area contributed by atoms with Crippen molar-refractivity contribution in [3.63, 3.8) is 0 Å². The third-order valence-electron chi connectivity index (χ3n) is 10.3. The molecule has 2 aliphatic carbocycles. The molecule has 0 radical (unpaired) electrons. The van der Waals surface area contributed by atoms with E-state index in [2.05, 4.69) is 30.2 Å². The van der Waals surface area contributed by atoms with E-state index < -0.39 is 5.97 Å². The fourth-order valence-corrected chi connectivity index (χ4v) is 7.09. The maximum absolute atomic E-state index is 13.6. The van der Waals surface area contributed by atoms with Gasteiger partial charge in [-0.3, -0.25) is 19.0 Å². The lowest BCUT2D eigenvalue weighted by Crippen LogP contribution is -2.59. The van der Waals surface area contributed by atoms with Gasteiger partial charge in [0, 0.05) is 49.9 Å². The fraction of sp³-hybridized carbons (Fsp3) is 0.514. The molecule has 2 aliphatic heterocycles. The lowest BCUT2D eigenvalue weighted by molar-refractivity contribution is -0.129. The Morgan fingerprint density at radius 1 is 1.00 bits per heavy atom. The molecule has 3 aromatic heterocycles. The molecule has 1 spiro atoms. The third kappa shape index (κ3) is 6.76. The van der Waals surface area contributed by atoms with Gasteiger partial charge < -0.3 is 19.4 Å². The first-order chi connectivity index (χ1) is 23.1. The Bertz CT molecular complexity index is 1770. The van der Waals surface area contributed by atoms with Gasteiger partial charge in [0.1, 0.15) is 6.54 Å². The molecular weight excluding hydrogens is 612 g/mol. The summed E-state index contributed by atoms with van der Waals surface area (Å²) in [5, 5.41) is 22.5. The van der Waals surface area contributed by atoms with E-state index in [0.29, 0.717) is 62.5 Å². The van der Waals surface area contributed by atoms with Crippen molar-refractivity contribution in [2.45, 2.75) is 77.3 Å². The number of likely N-dealkylation sites (tertiary alicyclic amines) is 2. The van der Waals surface area contributed by atoms with E-state index in [0.717, 1.165) is 23.1 Å². The number of carbonyl (C=O) groups excluding carboxylic acids is 2. The summed E-state index contributed by atoms with van der Waals surface area (Å²) in [6, 6.07) is 8.63. The van der Waals surface area contributed by atoms with Crippen molar-refractivity contribution in [3.8, 4) is 0 Å². The van der Waals surface area contributed by atoms with Gasteiger partial charge in [0.05, 0.1) is 35.5 Å². The molecule has 1 aromatic carbocycles. The van der Waals surface area contributed by atoms with Crippen LogP contribution in [0.5, 0.6) is 0 Å². The lowest BCUT2D eigenvalue weighted by atomic mass is 9.71. The Kier molecular flexibility index (Phi) is 8.38. The van der Waals surface area contributed by atoms with E-state index in [4.69, 9.17) is 19.7 Å². The zero-order valence-corrected chi connectivity index (χ0v) is 27.5. The summed E-state index contributed by atoms with van der Waals surface area (Å²) in [6.07, 6.45) is 13.8. The quantitative estimate of drug-likeness (QED) is 0.259. The maximum atomic E-state index is 13.6. The molecule has 1 unspecified atom stereocenters. The summed E-state index contributed by atoms with van der Waals surface area (Å²) in [6.45, 7) is 7.28. The number of rotatable bonds is 9. The molecule has 4 aliphatic rings. The largest absolute Gasteiger partial charge is 0.478 e. The lowest BCUT2D eigenvalue weighted by Gasteiger charge is -2.48. The molecule has 48 heavy (non-hydrogen) atoms. The van der Waals surface area contributed by atoms with E-state index in [1.807, 2.05) is 10.9 Å². The average Bonchev–Trinajstić information content (AvgIpc) is 3.76. The molecule has 2 amide bonds. The Hall–Kier alpha value is -4.81. The van der Waals surface area contributed by atoms with Gasteiger partial charge in [-0.05, 0) is 54.9 Å². The van der Waals surface area contributed by atoms with Gasteiger partial charge >= 0.3 is 5.97 Å². The van der Waals surface area contributed by atoms with E-state index in [1.165, 1.54) is 38.5 Å². The summed E-state index contributed by atoms with van der Waals surface area (Å²) >= 11 is 0. The molecule has 4 aromatic rings. The van der Waals surface area contributed by atoms with Gasteiger partial charge in [-0.25, -0.2) is 4.79 Å². The molecular formula is C35H42N8O5. The van der Waals surface area contributed by atoms with Gasteiger partial charge in [-0.1, -0.05) is 44.0 Å². The number of benzene rings is 1. The highest BCUT2D eigenvalue weighted by molar-refractivity contribution is 5.94. The highest BCUT2D eigenvalue weighted by Gasteiger charge is 2.57. The maximum Gasteiger partial charge on any atom is 0.335 e. The van der Waals surface area contributed by atoms with Crippen LogP contribution in [0.15, 0.2) is 53.4 Å². The smallest absolute Gasteiger partial charge is 0.335 e. The molecule has 13 heteroatoms. The predicted molar refractivity (Wildman–Crippen MR) is 173 cm³/mol. The summed E-state index contributed by atoms with van der Waals surface area (Å²) in [7, 11) is 0. The number of carboxylic acids is 1. The van der Waals surface area contributed by atoms with Gasteiger partial charge in [0.15, 0.2) is 5.82 Å². The van der Waals surface area contributed by atoms with E-state index >= 15 is 0 Å². The van der Waals surface area contributed by atoms with Crippen molar-refractivity contribution >= 4 is 18.3 Å². The van der Waals surface area contributed by atoms with E-state index in [-0.39, 0.29) is 22.8 Å². The van der Waals surface area contributed by atoms with Crippen molar-refractivity contribution < 1.29 is 24.0 Å². The van der Waals surface area contributed by atoms with Crippen LogP contribution in [0, 0.1) is 10.8 Å². The van der Waals surface area contributed by atoms with Crippen LogP contribution in [-0.2, 0) is 17.9 Å². The third-order valence-corrected chi connectivity index (χ3v) is 10.3. The second-order valence-electron chi connectivity index (χ2n) is 14.7. The molecule has 2 saturated heterocycles. The number of hydrogen-bond acceptors (Lipinski definition) is 8. The Labute approximate surface area is 278 Å². The van der Waals surface area contributed by atoms with Crippen LogP contribution in [0.25, 0.3) is 0 Å². The minimum Gasteiger partial charge on any atom is -0.478 e. The van der Waals surface area contributed by atoms with Crippen LogP contribution >= 0.6 is 0 Å².